The van der Waals surface area contributed by atoms with Crippen molar-refractivity contribution >= 4 is 17.5 Å². The fourth-order valence-electron chi connectivity index (χ4n) is 2.82. The first-order valence-corrected chi connectivity index (χ1v) is 7.63. The third kappa shape index (κ3) is 4.24. The minimum absolute atomic E-state index is 0.156. The van der Waals surface area contributed by atoms with Gasteiger partial charge in [-0.15, -0.1) is 11.6 Å². The van der Waals surface area contributed by atoms with Crippen molar-refractivity contribution in [1.29, 1.82) is 0 Å². The summed E-state index contributed by atoms with van der Waals surface area (Å²) in [6.07, 6.45) is 4.78. The minimum Gasteiger partial charge on any atom is -0.353 e. The molecule has 104 valence electrons. The van der Waals surface area contributed by atoms with Gasteiger partial charge in [0.25, 0.3) is 0 Å². The molecule has 1 aliphatic rings. The van der Waals surface area contributed by atoms with Crippen molar-refractivity contribution in [3.63, 3.8) is 0 Å². The minimum atomic E-state index is 0.156. The Balaban J connectivity index is 1.78. The molecule has 2 rings (SSSR count). The van der Waals surface area contributed by atoms with Crippen LogP contribution in [-0.4, -0.2) is 17.8 Å². The number of rotatable bonds is 5. The Morgan fingerprint density at radius 2 is 2.26 bits per heavy atom. The van der Waals surface area contributed by atoms with E-state index in [2.05, 4.69) is 30.4 Å². The highest BCUT2D eigenvalue weighted by molar-refractivity contribution is 6.18. The molecule has 2 nitrogen and oxygen atoms in total. The number of aryl methyl sites for hydroxylation is 2. The molecule has 0 heterocycles. The monoisotopic (exact) mass is 279 g/mol. The van der Waals surface area contributed by atoms with Crippen LogP contribution in [0.4, 0.5) is 0 Å². The Morgan fingerprint density at radius 1 is 1.42 bits per heavy atom. The van der Waals surface area contributed by atoms with E-state index >= 15 is 0 Å². The molecule has 0 aromatic heterocycles. The lowest BCUT2D eigenvalue weighted by Crippen LogP contribution is -2.38. The lowest BCUT2D eigenvalue weighted by molar-refractivity contribution is -0.121. The number of halogens is 1. The summed E-state index contributed by atoms with van der Waals surface area (Å²) in [6.45, 7) is 2.08. The Kier molecular flexibility index (Phi) is 5.26. The van der Waals surface area contributed by atoms with E-state index in [-0.39, 0.29) is 5.91 Å². The lowest BCUT2D eigenvalue weighted by atomic mass is 10.0. The first-order chi connectivity index (χ1) is 9.19. The summed E-state index contributed by atoms with van der Waals surface area (Å²) in [5.41, 5.74) is 2.48. The van der Waals surface area contributed by atoms with Crippen LogP contribution >= 0.6 is 11.6 Å². The number of carbonyl (C=O) groups is 1. The standard InChI is InChI=1S/C16H22ClNO/c1-12-4-2-5-13(10-12)8-9-16(19)18-15-7-3-6-14(15)11-17/h2,4-5,10,14-15H,3,6-9,11H2,1H3,(H,18,19). The number of amides is 1. The average molecular weight is 280 g/mol. The zero-order valence-electron chi connectivity index (χ0n) is 11.5. The summed E-state index contributed by atoms with van der Waals surface area (Å²) in [6, 6.07) is 8.64. The Hall–Kier alpha value is -1.02. The molecule has 0 aliphatic heterocycles. The molecule has 0 saturated heterocycles. The zero-order valence-corrected chi connectivity index (χ0v) is 12.2. The molecular weight excluding hydrogens is 258 g/mol. The van der Waals surface area contributed by atoms with Crippen LogP contribution in [0.1, 0.15) is 36.8 Å². The van der Waals surface area contributed by atoms with Crippen LogP contribution in [-0.2, 0) is 11.2 Å². The maximum Gasteiger partial charge on any atom is 0.220 e. The molecule has 1 amide bonds. The van der Waals surface area contributed by atoms with Gasteiger partial charge in [-0.05, 0) is 37.7 Å². The summed E-state index contributed by atoms with van der Waals surface area (Å²) in [7, 11) is 0. The molecule has 1 aromatic rings. The second-order valence-corrected chi connectivity index (χ2v) is 5.82. The third-order valence-electron chi connectivity index (χ3n) is 3.93. The molecule has 1 saturated carbocycles. The Morgan fingerprint density at radius 3 is 3.00 bits per heavy atom. The van der Waals surface area contributed by atoms with Crippen LogP contribution in [0.15, 0.2) is 24.3 Å². The highest BCUT2D eigenvalue weighted by Crippen LogP contribution is 2.26. The summed E-state index contributed by atoms with van der Waals surface area (Å²) < 4.78 is 0. The van der Waals surface area contributed by atoms with Gasteiger partial charge >= 0.3 is 0 Å². The molecule has 0 spiro atoms. The van der Waals surface area contributed by atoms with Gasteiger partial charge in [-0.25, -0.2) is 0 Å². The van der Waals surface area contributed by atoms with Crippen LogP contribution in [0.5, 0.6) is 0 Å². The number of hydrogen-bond donors (Lipinski definition) is 1. The first-order valence-electron chi connectivity index (χ1n) is 7.10. The van der Waals surface area contributed by atoms with Gasteiger partial charge < -0.3 is 5.32 Å². The lowest BCUT2D eigenvalue weighted by Gasteiger charge is -2.18. The molecule has 1 fully saturated rings. The van der Waals surface area contributed by atoms with Crippen LogP contribution in [0, 0.1) is 12.8 Å². The fourth-order valence-corrected chi connectivity index (χ4v) is 3.19. The third-order valence-corrected chi connectivity index (χ3v) is 4.32. The molecule has 1 aromatic carbocycles. The molecule has 2 unspecified atom stereocenters. The predicted molar refractivity (Wildman–Crippen MR) is 79.5 cm³/mol. The SMILES string of the molecule is Cc1cccc(CCC(=O)NC2CCCC2CCl)c1. The van der Waals surface area contributed by atoms with Crippen LogP contribution in [0.3, 0.4) is 0 Å². The normalized spacial score (nSPS) is 22.4. The molecule has 3 heteroatoms. The van der Waals surface area contributed by atoms with Gasteiger partial charge in [0.2, 0.25) is 5.91 Å². The predicted octanol–water partition coefficient (Wildman–Crippen LogP) is 3.45. The molecule has 1 aliphatic carbocycles. The van der Waals surface area contributed by atoms with Gasteiger partial charge in [0.05, 0.1) is 0 Å². The maximum absolute atomic E-state index is 12.0. The summed E-state index contributed by atoms with van der Waals surface area (Å²) in [4.78, 5) is 12.0. The number of alkyl halides is 1. The largest absolute Gasteiger partial charge is 0.353 e. The van der Waals surface area contributed by atoms with Crippen molar-refractivity contribution < 1.29 is 4.79 Å². The van der Waals surface area contributed by atoms with Crippen molar-refractivity contribution in [2.24, 2.45) is 5.92 Å². The van der Waals surface area contributed by atoms with E-state index in [1.54, 1.807) is 0 Å². The smallest absolute Gasteiger partial charge is 0.220 e. The Labute approximate surface area is 120 Å². The fraction of sp³-hybridized carbons (Fsp3) is 0.562. The summed E-state index contributed by atoms with van der Waals surface area (Å²) in [5, 5.41) is 3.14. The van der Waals surface area contributed by atoms with E-state index in [4.69, 9.17) is 11.6 Å². The molecule has 0 bridgehead atoms. The van der Waals surface area contributed by atoms with E-state index in [1.165, 1.54) is 17.5 Å². The van der Waals surface area contributed by atoms with Gasteiger partial charge in [-0.1, -0.05) is 36.2 Å². The van der Waals surface area contributed by atoms with Crippen molar-refractivity contribution in [3.8, 4) is 0 Å². The highest BCUT2D eigenvalue weighted by Gasteiger charge is 2.27. The Bertz CT molecular complexity index is 433. The number of hydrogen-bond acceptors (Lipinski definition) is 1. The average Bonchev–Trinajstić information content (AvgIpc) is 2.84. The van der Waals surface area contributed by atoms with Gasteiger partial charge in [-0.3, -0.25) is 4.79 Å². The van der Waals surface area contributed by atoms with Crippen molar-refractivity contribution in [2.45, 2.75) is 45.1 Å². The van der Waals surface area contributed by atoms with E-state index in [9.17, 15) is 4.79 Å². The van der Waals surface area contributed by atoms with Crippen molar-refractivity contribution in [3.05, 3.63) is 35.4 Å². The van der Waals surface area contributed by atoms with Gasteiger partial charge in [-0.2, -0.15) is 0 Å². The van der Waals surface area contributed by atoms with Gasteiger partial charge in [0.15, 0.2) is 0 Å². The maximum atomic E-state index is 12.0. The second kappa shape index (κ2) is 6.95. The number of nitrogens with one attached hydrogen (secondary N) is 1. The van der Waals surface area contributed by atoms with Gasteiger partial charge in [0, 0.05) is 18.3 Å². The summed E-state index contributed by atoms with van der Waals surface area (Å²) >= 11 is 5.93. The van der Waals surface area contributed by atoms with E-state index in [0.29, 0.717) is 24.3 Å². The number of carbonyl (C=O) groups excluding carboxylic acids is 1. The van der Waals surface area contributed by atoms with Gasteiger partial charge in [0.1, 0.15) is 0 Å². The van der Waals surface area contributed by atoms with Crippen molar-refractivity contribution in [1.82, 2.24) is 5.32 Å². The van der Waals surface area contributed by atoms with Crippen LogP contribution in [0.25, 0.3) is 0 Å². The molecular formula is C16H22ClNO. The quantitative estimate of drug-likeness (QED) is 0.822. The summed E-state index contributed by atoms with van der Waals surface area (Å²) in [5.74, 6) is 1.27. The molecule has 19 heavy (non-hydrogen) atoms. The van der Waals surface area contributed by atoms with E-state index in [0.717, 1.165) is 19.3 Å². The molecule has 0 radical (unpaired) electrons. The van der Waals surface area contributed by atoms with Crippen molar-refractivity contribution in [2.75, 3.05) is 5.88 Å². The van der Waals surface area contributed by atoms with Crippen LogP contribution in [0.2, 0.25) is 0 Å². The molecule has 2 atom stereocenters. The van der Waals surface area contributed by atoms with Crippen LogP contribution < -0.4 is 5.32 Å². The first kappa shape index (κ1) is 14.4. The number of benzene rings is 1. The molecule has 1 N–H and O–H groups in total. The topological polar surface area (TPSA) is 29.1 Å². The highest BCUT2D eigenvalue weighted by atomic mass is 35.5. The second-order valence-electron chi connectivity index (χ2n) is 5.51. The van der Waals surface area contributed by atoms with E-state index < -0.39 is 0 Å². The zero-order chi connectivity index (χ0) is 13.7. The van der Waals surface area contributed by atoms with E-state index in [1.807, 2.05) is 6.07 Å².